The van der Waals surface area contributed by atoms with Crippen LogP contribution in [0.15, 0.2) is 12.1 Å². The van der Waals surface area contributed by atoms with Crippen LogP contribution in [0.2, 0.25) is 0 Å². The number of aromatic nitrogens is 1. The zero-order chi connectivity index (χ0) is 14.3. The van der Waals surface area contributed by atoms with Gasteiger partial charge in [-0.3, -0.25) is 4.79 Å². The molecule has 1 heterocycles. The molecular weight excluding hydrogens is 247 g/mol. The van der Waals surface area contributed by atoms with Gasteiger partial charge in [0.25, 0.3) is 5.91 Å². The van der Waals surface area contributed by atoms with E-state index in [0.717, 1.165) is 6.07 Å². The molecule has 0 spiro atoms. The largest absolute Gasteiger partial charge is 0.416 e. The minimum atomic E-state index is -4.50. The number of rotatable bonds is 2. The van der Waals surface area contributed by atoms with Crippen LogP contribution >= 0.6 is 0 Å². The molecule has 1 aromatic heterocycles. The molecule has 0 saturated heterocycles. The van der Waals surface area contributed by atoms with Crippen molar-refractivity contribution in [2.45, 2.75) is 20.0 Å². The van der Waals surface area contributed by atoms with Gasteiger partial charge in [-0.25, -0.2) is 4.98 Å². The van der Waals surface area contributed by atoms with E-state index in [2.05, 4.69) is 15.6 Å². The highest BCUT2D eigenvalue weighted by Crippen LogP contribution is 2.30. The molecule has 102 valence electrons. The lowest BCUT2D eigenvalue weighted by atomic mass is 10.2. The SMILES string of the molecule is CC.CNC(=O)c1cc(C(F)(F)F)cc(NC)n1. The van der Waals surface area contributed by atoms with Crippen molar-refractivity contribution in [3.8, 4) is 0 Å². The quantitative estimate of drug-likeness (QED) is 0.862. The Kier molecular flexibility index (Phi) is 6.15. The van der Waals surface area contributed by atoms with Crippen LogP contribution in [0.1, 0.15) is 29.9 Å². The van der Waals surface area contributed by atoms with Gasteiger partial charge in [0.15, 0.2) is 0 Å². The number of alkyl halides is 3. The Morgan fingerprint density at radius 1 is 1.22 bits per heavy atom. The maximum atomic E-state index is 12.5. The van der Waals surface area contributed by atoms with E-state index in [0.29, 0.717) is 6.07 Å². The Bertz CT molecular complexity index is 405. The molecule has 18 heavy (non-hydrogen) atoms. The van der Waals surface area contributed by atoms with Crippen LogP contribution < -0.4 is 10.6 Å². The van der Waals surface area contributed by atoms with E-state index in [-0.39, 0.29) is 11.5 Å². The number of nitrogens with one attached hydrogen (secondary N) is 2. The maximum Gasteiger partial charge on any atom is 0.416 e. The second-order valence-electron chi connectivity index (χ2n) is 2.95. The number of amides is 1. The van der Waals surface area contributed by atoms with E-state index in [1.54, 1.807) is 0 Å². The molecule has 4 nitrogen and oxygen atoms in total. The molecule has 2 N–H and O–H groups in total. The number of hydrogen-bond acceptors (Lipinski definition) is 3. The van der Waals surface area contributed by atoms with Crippen LogP contribution in [-0.4, -0.2) is 25.0 Å². The fraction of sp³-hybridized carbons (Fsp3) is 0.455. The molecule has 0 aliphatic carbocycles. The second kappa shape index (κ2) is 6.83. The molecule has 0 aliphatic heterocycles. The zero-order valence-corrected chi connectivity index (χ0v) is 10.6. The molecule has 1 aromatic rings. The first-order valence-corrected chi connectivity index (χ1v) is 5.37. The molecule has 7 heteroatoms. The van der Waals surface area contributed by atoms with Gasteiger partial charge < -0.3 is 10.6 Å². The van der Waals surface area contributed by atoms with Crippen LogP contribution in [0.5, 0.6) is 0 Å². The summed E-state index contributed by atoms with van der Waals surface area (Å²) in [6.07, 6.45) is -4.50. The lowest BCUT2D eigenvalue weighted by molar-refractivity contribution is -0.137. The summed E-state index contributed by atoms with van der Waals surface area (Å²) in [6.45, 7) is 4.00. The number of halogens is 3. The molecule has 0 bridgehead atoms. The standard InChI is InChI=1S/C9H10F3N3O.C2H6/c1-13-7-4-5(9(10,11)12)3-6(15-7)8(16)14-2;1-2/h3-4H,1-2H3,(H,13,15)(H,14,16);1-2H3. The Morgan fingerprint density at radius 2 is 1.78 bits per heavy atom. The van der Waals surface area contributed by atoms with E-state index in [1.165, 1.54) is 14.1 Å². The number of hydrogen-bond donors (Lipinski definition) is 2. The van der Waals surface area contributed by atoms with Crippen LogP contribution in [0, 0.1) is 0 Å². The van der Waals surface area contributed by atoms with Gasteiger partial charge in [0.05, 0.1) is 5.56 Å². The average Bonchev–Trinajstić information content (AvgIpc) is 2.38. The number of nitrogens with zero attached hydrogens (tertiary/aromatic N) is 1. The van der Waals surface area contributed by atoms with E-state index in [9.17, 15) is 18.0 Å². The summed E-state index contributed by atoms with van der Waals surface area (Å²) in [5.41, 5.74) is -1.19. The number of carbonyl (C=O) groups excluding carboxylic acids is 1. The summed E-state index contributed by atoms with van der Waals surface area (Å²) in [6, 6.07) is 1.55. The highest BCUT2D eigenvalue weighted by Gasteiger charge is 2.32. The third kappa shape index (κ3) is 4.23. The predicted octanol–water partition coefficient (Wildman–Crippen LogP) is 2.53. The van der Waals surface area contributed by atoms with Crippen molar-refractivity contribution < 1.29 is 18.0 Å². The summed E-state index contributed by atoms with van der Waals surface area (Å²) in [5.74, 6) is -0.670. The van der Waals surface area contributed by atoms with Gasteiger partial charge in [-0.05, 0) is 12.1 Å². The van der Waals surface area contributed by atoms with Gasteiger partial charge in [0.1, 0.15) is 11.5 Å². The highest BCUT2D eigenvalue weighted by molar-refractivity contribution is 5.92. The van der Waals surface area contributed by atoms with Crippen molar-refractivity contribution in [1.29, 1.82) is 0 Å². The van der Waals surface area contributed by atoms with Gasteiger partial charge in [-0.2, -0.15) is 13.2 Å². The lowest BCUT2D eigenvalue weighted by Gasteiger charge is -2.10. The normalized spacial score (nSPS) is 10.2. The van der Waals surface area contributed by atoms with Crippen molar-refractivity contribution in [1.82, 2.24) is 10.3 Å². The molecule has 0 saturated carbocycles. The summed E-state index contributed by atoms with van der Waals surface area (Å²) in [5, 5.41) is 4.68. The number of carbonyl (C=O) groups is 1. The van der Waals surface area contributed by atoms with Gasteiger partial charge in [-0.1, -0.05) is 13.8 Å². The molecule has 1 amide bonds. The van der Waals surface area contributed by atoms with Crippen LogP contribution in [0.25, 0.3) is 0 Å². The third-order valence-electron chi connectivity index (χ3n) is 1.87. The van der Waals surface area contributed by atoms with Crippen molar-refractivity contribution in [2.24, 2.45) is 0 Å². The van der Waals surface area contributed by atoms with E-state index < -0.39 is 17.6 Å². The van der Waals surface area contributed by atoms with Gasteiger partial charge >= 0.3 is 6.18 Å². The van der Waals surface area contributed by atoms with Gasteiger partial charge in [0.2, 0.25) is 0 Å². The average molecular weight is 263 g/mol. The van der Waals surface area contributed by atoms with Crippen LogP contribution in [0.3, 0.4) is 0 Å². The molecule has 0 unspecified atom stereocenters. The van der Waals surface area contributed by atoms with E-state index in [4.69, 9.17) is 0 Å². The predicted molar refractivity (Wildman–Crippen MR) is 63.5 cm³/mol. The first kappa shape index (κ1) is 16.2. The van der Waals surface area contributed by atoms with Crippen LogP contribution in [0.4, 0.5) is 19.0 Å². The van der Waals surface area contributed by atoms with Gasteiger partial charge in [0, 0.05) is 14.1 Å². The zero-order valence-electron chi connectivity index (χ0n) is 10.6. The first-order valence-electron chi connectivity index (χ1n) is 5.37. The fourth-order valence-corrected chi connectivity index (χ4v) is 1.07. The van der Waals surface area contributed by atoms with Crippen LogP contribution in [-0.2, 0) is 6.18 Å². The van der Waals surface area contributed by atoms with Gasteiger partial charge in [-0.15, -0.1) is 0 Å². The minimum Gasteiger partial charge on any atom is -0.373 e. The molecule has 0 atom stereocenters. The summed E-state index contributed by atoms with van der Waals surface area (Å²) >= 11 is 0. The fourth-order valence-electron chi connectivity index (χ4n) is 1.07. The van der Waals surface area contributed by atoms with Crippen molar-refractivity contribution >= 4 is 11.7 Å². The smallest absolute Gasteiger partial charge is 0.373 e. The molecule has 0 radical (unpaired) electrons. The van der Waals surface area contributed by atoms with Crippen molar-refractivity contribution in [3.63, 3.8) is 0 Å². The van der Waals surface area contributed by atoms with Crippen molar-refractivity contribution in [2.75, 3.05) is 19.4 Å². The molecule has 1 rings (SSSR count). The third-order valence-corrected chi connectivity index (χ3v) is 1.87. The summed E-state index contributed by atoms with van der Waals surface area (Å²) in [7, 11) is 2.75. The monoisotopic (exact) mass is 263 g/mol. The molecular formula is C11H16F3N3O. The topological polar surface area (TPSA) is 54.0 Å². The summed E-state index contributed by atoms with van der Waals surface area (Å²) < 4.78 is 37.4. The second-order valence-corrected chi connectivity index (χ2v) is 2.95. The lowest BCUT2D eigenvalue weighted by Crippen LogP contribution is -2.21. The summed E-state index contributed by atoms with van der Waals surface area (Å²) in [4.78, 5) is 14.9. The number of pyridine rings is 1. The Morgan fingerprint density at radius 3 is 2.17 bits per heavy atom. The van der Waals surface area contributed by atoms with Crippen molar-refractivity contribution in [3.05, 3.63) is 23.4 Å². The number of anilines is 1. The molecule has 0 aromatic carbocycles. The first-order chi connectivity index (χ1) is 8.38. The van der Waals surface area contributed by atoms with E-state index in [1.807, 2.05) is 13.8 Å². The molecule has 0 fully saturated rings. The minimum absolute atomic E-state index is 0.00609. The maximum absolute atomic E-state index is 12.5. The molecule has 0 aliphatic rings. The Balaban J connectivity index is 0.00000137. The highest BCUT2D eigenvalue weighted by atomic mass is 19.4. The van der Waals surface area contributed by atoms with E-state index >= 15 is 0 Å². The Labute approximate surface area is 104 Å². The Hall–Kier alpha value is -1.79.